The summed E-state index contributed by atoms with van der Waals surface area (Å²) in [6.45, 7) is 0. The smallest absolute Gasteiger partial charge is 0.183 e. The second-order valence-electron chi connectivity index (χ2n) is 2.21. The highest BCUT2D eigenvalue weighted by molar-refractivity contribution is 14.1. The van der Waals surface area contributed by atoms with Crippen molar-refractivity contribution in [1.82, 2.24) is 0 Å². The maximum atomic E-state index is 13.1. The van der Waals surface area contributed by atoms with Gasteiger partial charge in [-0.05, 0) is 46.9 Å². The molecule has 0 aromatic heterocycles. The third kappa shape index (κ3) is 2.47. The SMILES string of the molecule is NC(=S)Nc1c(I)ccc(F)c1F. The van der Waals surface area contributed by atoms with E-state index in [1.54, 1.807) is 0 Å². The van der Waals surface area contributed by atoms with Crippen molar-refractivity contribution in [2.75, 3.05) is 5.32 Å². The number of halogens is 3. The van der Waals surface area contributed by atoms with Crippen LogP contribution in [0.5, 0.6) is 0 Å². The molecule has 1 aromatic carbocycles. The molecule has 1 rings (SSSR count). The van der Waals surface area contributed by atoms with Crippen LogP contribution in [-0.4, -0.2) is 5.11 Å². The summed E-state index contributed by atoms with van der Waals surface area (Å²) in [5, 5.41) is 2.27. The van der Waals surface area contributed by atoms with Gasteiger partial charge in [-0.15, -0.1) is 0 Å². The number of anilines is 1. The lowest BCUT2D eigenvalue weighted by atomic mass is 10.3. The molecule has 0 amide bonds. The Balaban J connectivity index is 3.17. The third-order valence-electron chi connectivity index (χ3n) is 1.29. The Morgan fingerprint density at radius 3 is 2.62 bits per heavy atom. The summed E-state index contributed by atoms with van der Waals surface area (Å²) >= 11 is 6.37. The first kappa shape index (κ1) is 10.6. The molecule has 13 heavy (non-hydrogen) atoms. The van der Waals surface area contributed by atoms with Crippen molar-refractivity contribution in [3.05, 3.63) is 27.3 Å². The van der Waals surface area contributed by atoms with Gasteiger partial charge < -0.3 is 11.1 Å². The molecule has 0 aliphatic rings. The van der Waals surface area contributed by atoms with Crippen LogP contribution in [0.3, 0.4) is 0 Å². The standard InChI is InChI=1S/C7H5F2IN2S/c8-3-1-2-4(10)6(5(3)9)12-7(11)13/h1-2H,(H3,11,12,13). The average Bonchev–Trinajstić information content (AvgIpc) is 2.05. The van der Waals surface area contributed by atoms with Gasteiger partial charge >= 0.3 is 0 Å². The molecule has 6 heteroatoms. The summed E-state index contributed by atoms with van der Waals surface area (Å²) in [4.78, 5) is 0. The van der Waals surface area contributed by atoms with E-state index >= 15 is 0 Å². The Bertz CT molecular complexity index is 357. The molecule has 0 atom stereocenters. The number of benzene rings is 1. The maximum Gasteiger partial charge on any atom is 0.183 e. The lowest BCUT2D eigenvalue weighted by Crippen LogP contribution is -2.20. The van der Waals surface area contributed by atoms with E-state index < -0.39 is 11.6 Å². The summed E-state index contributed by atoms with van der Waals surface area (Å²) in [7, 11) is 0. The van der Waals surface area contributed by atoms with E-state index in [0.717, 1.165) is 6.07 Å². The lowest BCUT2D eigenvalue weighted by Gasteiger charge is -2.07. The Hall–Kier alpha value is -0.500. The molecule has 0 aliphatic carbocycles. The monoisotopic (exact) mass is 314 g/mol. The topological polar surface area (TPSA) is 38.0 Å². The first-order valence-corrected chi connectivity index (χ1v) is 4.71. The molecule has 0 radical (unpaired) electrons. The van der Waals surface area contributed by atoms with Crippen LogP contribution in [-0.2, 0) is 0 Å². The van der Waals surface area contributed by atoms with Gasteiger partial charge in [0.1, 0.15) is 0 Å². The number of nitrogens with two attached hydrogens (primary N) is 1. The normalized spacial score (nSPS) is 9.77. The fourth-order valence-corrected chi connectivity index (χ4v) is 1.42. The van der Waals surface area contributed by atoms with Crippen molar-refractivity contribution in [2.24, 2.45) is 5.73 Å². The first-order valence-electron chi connectivity index (χ1n) is 3.22. The fourth-order valence-electron chi connectivity index (χ4n) is 0.765. The van der Waals surface area contributed by atoms with Crippen LogP contribution in [0.15, 0.2) is 12.1 Å². The summed E-state index contributed by atoms with van der Waals surface area (Å²) in [5.74, 6) is -1.90. The number of thiocarbonyl (C=S) groups is 1. The van der Waals surface area contributed by atoms with Gasteiger partial charge in [-0.1, -0.05) is 0 Å². The highest BCUT2D eigenvalue weighted by Gasteiger charge is 2.11. The van der Waals surface area contributed by atoms with Crippen molar-refractivity contribution in [3.63, 3.8) is 0 Å². The van der Waals surface area contributed by atoms with Gasteiger partial charge in [-0.2, -0.15) is 0 Å². The van der Waals surface area contributed by atoms with Gasteiger partial charge in [0.05, 0.1) is 5.69 Å². The van der Waals surface area contributed by atoms with E-state index in [0.29, 0.717) is 3.57 Å². The van der Waals surface area contributed by atoms with Crippen molar-refractivity contribution >= 4 is 45.6 Å². The van der Waals surface area contributed by atoms with Crippen molar-refractivity contribution in [3.8, 4) is 0 Å². The minimum absolute atomic E-state index is 0.0203. The quantitative estimate of drug-likeness (QED) is 0.474. The van der Waals surface area contributed by atoms with Crippen molar-refractivity contribution < 1.29 is 8.78 Å². The Morgan fingerprint density at radius 1 is 1.46 bits per heavy atom. The van der Waals surface area contributed by atoms with Crippen LogP contribution in [0.4, 0.5) is 14.5 Å². The molecule has 0 aliphatic heterocycles. The molecular formula is C7H5F2IN2S. The Labute approximate surface area is 92.6 Å². The number of rotatable bonds is 1. The second-order valence-corrected chi connectivity index (χ2v) is 3.81. The molecule has 0 spiro atoms. The summed E-state index contributed by atoms with van der Waals surface area (Å²) in [6, 6.07) is 2.47. The number of hydrogen-bond acceptors (Lipinski definition) is 1. The predicted octanol–water partition coefficient (Wildman–Crippen LogP) is 2.22. The molecule has 0 bridgehead atoms. The molecule has 3 N–H and O–H groups in total. The van der Waals surface area contributed by atoms with Gasteiger partial charge in [0.15, 0.2) is 16.7 Å². The number of nitrogens with one attached hydrogen (secondary N) is 1. The Kier molecular flexibility index (Phi) is 3.37. The fraction of sp³-hybridized carbons (Fsp3) is 0. The second kappa shape index (κ2) is 4.14. The molecule has 0 saturated heterocycles. The highest BCUT2D eigenvalue weighted by atomic mass is 127. The van der Waals surface area contributed by atoms with E-state index in [2.05, 4.69) is 17.5 Å². The molecular weight excluding hydrogens is 309 g/mol. The van der Waals surface area contributed by atoms with E-state index in [9.17, 15) is 8.78 Å². The van der Waals surface area contributed by atoms with E-state index in [4.69, 9.17) is 5.73 Å². The van der Waals surface area contributed by atoms with Crippen LogP contribution in [0.25, 0.3) is 0 Å². The molecule has 0 heterocycles. The maximum absolute atomic E-state index is 13.1. The largest absolute Gasteiger partial charge is 0.376 e. The Morgan fingerprint density at radius 2 is 2.08 bits per heavy atom. The van der Waals surface area contributed by atoms with Crippen LogP contribution < -0.4 is 11.1 Å². The summed E-state index contributed by atoms with van der Waals surface area (Å²) in [5.41, 5.74) is 5.12. The van der Waals surface area contributed by atoms with Crippen molar-refractivity contribution in [1.29, 1.82) is 0 Å². The van der Waals surface area contributed by atoms with Crippen LogP contribution in [0.1, 0.15) is 0 Å². The molecule has 2 nitrogen and oxygen atoms in total. The van der Waals surface area contributed by atoms with E-state index in [-0.39, 0.29) is 10.8 Å². The van der Waals surface area contributed by atoms with E-state index in [1.165, 1.54) is 6.07 Å². The summed E-state index contributed by atoms with van der Waals surface area (Å²) < 4.78 is 26.3. The predicted molar refractivity (Wildman–Crippen MR) is 59.5 cm³/mol. The van der Waals surface area contributed by atoms with Gasteiger partial charge in [-0.3, -0.25) is 0 Å². The summed E-state index contributed by atoms with van der Waals surface area (Å²) in [6.07, 6.45) is 0. The molecule has 0 unspecified atom stereocenters. The minimum Gasteiger partial charge on any atom is -0.376 e. The van der Waals surface area contributed by atoms with Crippen LogP contribution in [0, 0.1) is 15.2 Å². The zero-order chi connectivity index (χ0) is 10.0. The van der Waals surface area contributed by atoms with Gasteiger partial charge in [0, 0.05) is 3.57 Å². The highest BCUT2D eigenvalue weighted by Crippen LogP contribution is 2.23. The van der Waals surface area contributed by atoms with Gasteiger partial charge in [-0.25, -0.2) is 8.78 Å². The molecule has 1 aromatic rings. The van der Waals surface area contributed by atoms with E-state index in [1.807, 2.05) is 22.6 Å². The molecule has 70 valence electrons. The molecule has 0 saturated carbocycles. The third-order valence-corrected chi connectivity index (χ3v) is 2.29. The van der Waals surface area contributed by atoms with Crippen molar-refractivity contribution in [2.45, 2.75) is 0 Å². The molecule has 0 fully saturated rings. The van der Waals surface area contributed by atoms with Crippen LogP contribution >= 0.6 is 34.8 Å². The zero-order valence-electron chi connectivity index (χ0n) is 6.27. The lowest BCUT2D eigenvalue weighted by molar-refractivity contribution is 0.511. The number of hydrogen-bond donors (Lipinski definition) is 2. The average molecular weight is 314 g/mol. The zero-order valence-corrected chi connectivity index (χ0v) is 9.25. The van der Waals surface area contributed by atoms with Crippen LogP contribution in [0.2, 0.25) is 0 Å². The minimum atomic E-state index is -0.972. The van der Waals surface area contributed by atoms with Gasteiger partial charge in [0.25, 0.3) is 0 Å². The first-order chi connectivity index (χ1) is 6.02. The van der Waals surface area contributed by atoms with Gasteiger partial charge in [0.2, 0.25) is 0 Å².